The molecule has 0 amide bonds. The summed E-state index contributed by atoms with van der Waals surface area (Å²) in [5, 5.41) is 0. The number of benzene rings is 2. The highest BCUT2D eigenvalue weighted by Gasteiger charge is 2.11. The number of nitrogen functional groups attached to an aromatic ring is 1. The first-order chi connectivity index (χ1) is 9.49. The van der Waals surface area contributed by atoms with E-state index in [0.29, 0.717) is 16.8 Å². The molecular formula is C16H16FNO2. The maximum Gasteiger partial charge on any atom is 0.167 e. The molecule has 4 heteroatoms. The van der Waals surface area contributed by atoms with Crippen molar-refractivity contribution >= 4 is 11.5 Å². The summed E-state index contributed by atoms with van der Waals surface area (Å²) in [5.74, 6) is -0.376. The smallest absolute Gasteiger partial charge is 0.167 e. The zero-order chi connectivity index (χ0) is 14.7. The third kappa shape index (κ3) is 2.96. The van der Waals surface area contributed by atoms with Gasteiger partial charge in [-0.2, -0.15) is 0 Å². The molecule has 0 aliphatic rings. The highest BCUT2D eigenvalue weighted by molar-refractivity contribution is 5.95. The number of anilines is 1. The Kier molecular flexibility index (Phi) is 4.03. The van der Waals surface area contributed by atoms with E-state index in [1.54, 1.807) is 31.2 Å². The Morgan fingerprint density at radius 1 is 1.30 bits per heavy atom. The number of nitrogens with two attached hydrogens (primary N) is 1. The minimum atomic E-state index is -0.497. The van der Waals surface area contributed by atoms with Gasteiger partial charge in [0.05, 0.1) is 0 Å². The fourth-order valence-electron chi connectivity index (χ4n) is 2.08. The van der Waals surface area contributed by atoms with E-state index in [-0.39, 0.29) is 18.1 Å². The number of carbonyl (C=O) groups excluding carboxylic acids is 1. The highest BCUT2D eigenvalue weighted by atomic mass is 19.1. The van der Waals surface area contributed by atoms with Crippen molar-refractivity contribution in [2.75, 3.05) is 5.73 Å². The Morgan fingerprint density at radius 2 is 2.00 bits per heavy atom. The number of aryl methyl sites for hydroxylation is 1. The largest absolute Gasteiger partial charge is 0.486 e. The van der Waals surface area contributed by atoms with Gasteiger partial charge in [-0.15, -0.1) is 0 Å². The Bertz CT molecular complexity index is 630. The Hall–Kier alpha value is -2.36. The lowest BCUT2D eigenvalue weighted by atomic mass is 10.1. The molecule has 2 aromatic carbocycles. The van der Waals surface area contributed by atoms with Crippen molar-refractivity contribution in [3.05, 3.63) is 58.9 Å². The van der Waals surface area contributed by atoms with Crippen LogP contribution in [0, 0.1) is 12.7 Å². The second kappa shape index (κ2) is 5.74. The van der Waals surface area contributed by atoms with Crippen LogP contribution < -0.4 is 10.5 Å². The van der Waals surface area contributed by atoms with E-state index >= 15 is 0 Å². The molecule has 0 bridgehead atoms. The van der Waals surface area contributed by atoms with Crippen molar-refractivity contribution in [2.24, 2.45) is 0 Å². The monoisotopic (exact) mass is 273 g/mol. The quantitative estimate of drug-likeness (QED) is 0.685. The summed E-state index contributed by atoms with van der Waals surface area (Å²) in [7, 11) is 0. The minimum Gasteiger partial charge on any atom is -0.486 e. The molecule has 0 aromatic heterocycles. The molecule has 2 N–H and O–H groups in total. The summed E-state index contributed by atoms with van der Waals surface area (Å²) in [5.41, 5.74) is 7.86. The number of ketones is 1. The molecule has 0 unspecified atom stereocenters. The number of halogens is 1. The molecule has 0 aliphatic heterocycles. The third-order valence-electron chi connectivity index (χ3n) is 3.02. The van der Waals surface area contributed by atoms with Crippen LogP contribution in [0.4, 0.5) is 10.1 Å². The van der Waals surface area contributed by atoms with Crippen LogP contribution in [-0.2, 0) is 6.61 Å². The van der Waals surface area contributed by atoms with E-state index in [0.717, 1.165) is 5.56 Å². The van der Waals surface area contributed by atoms with Gasteiger partial charge in [0.25, 0.3) is 0 Å². The summed E-state index contributed by atoms with van der Waals surface area (Å²) in [6.07, 6.45) is 0. The third-order valence-corrected chi connectivity index (χ3v) is 3.02. The molecule has 2 aromatic rings. The van der Waals surface area contributed by atoms with Crippen molar-refractivity contribution in [1.82, 2.24) is 0 Å². The zero-order valence-corrected chi connectivity index (χ0v) is 11.4. The number of carbonyl (C=O) groups is 1. The number of ether oxygens (including phenoxy) is 1. The molecule has 0 fully saturated rings. The van der Waals surface area contributed by atoms with E-state index in [1.165, 1.54) is 13.0 Å². The van der Waals surface area contributed by atoms with Gasteiger partial charge in [-0.05, 0) is 25.5 Å². The lowest BCUT2D eigenvalue weighted by Crippen LogP contribution is -2.05. The van der Waals surface area contributed by atoms with Crippen molar-refractivity contribution in [2.45, 2.75) is 20.5 Å². The molecule has 0 atom stereocenters. The van der Waals surface area contributed by atoms with Gasteiger partial charge in [-0.1, -0.05) is 24.3 Å². The Morgan fingerprint density at radius 3 is 2.65 bits per heavy atom. The first kappa shape index (κ1) is 14.1. The average Bonchev–Trinajstić information content (AvgIpc) is 2.37. The summed E-state index contributed by atoms with van der Waals surface area (Å²) < 4.78 is 19.3. The first-order valence-corrected chi connectivity index (χ1v) is 6.26. The fraction of sp³-hybridized carbons (Fsp3) is 0.188. The average molecular weight is 273 g/mol. The van der Waals surface area contributed by atoms with Crippen LogP contribution in [0.3, 0.4) is 0 Å². The van der Waals surface area contributed by atoms with Gasteiger partial charge in [0.15, 0.2) is 17.3 Å². The van der Waals surface area contributed by atoms with E-state index in [9.17, 15) is 9.18 Å². The van der Waals surface area contributed by atoms with E-state index in [1.807, 2.05) is 6.07 Å². The normalized spacial score (nSPS) is 10.3. The van der Waals surface area contributed by atoms with Gasteiger partial charge < -0.3 is 10.5 Å². The lowest BCUT2D eigenvalue weighted by molar-refractivity contribution is 0.101. The van der Waals surface area contributed by atoms with Crippen molar-refractivity contribution in [3.63, 3.8) is 0 Å². The summed E-state index contributed by atoms with van der Waals surface area (Å²) in [6, 6.07) is 10.00. The van der Waals surface area contributed by atoms with Crippen LogP contribution in [0.1, 0.15) is 28.4 Å². The number of hydrogen-bond donors (Lipinski definition) is 1. The van der Waals surface area contributed by atoms with E-state index in [4.69, 9.17) is 10.5 Å². The molecule has 0 heterocycles. The molecule has 2 rings (SSSR count). The van der Waals surface area contributed by atoms with Crippen LogP contribution in [0.5, 0.6) is 5.75 Å². The maximum atomic E-state index is 13.8. The van der Waals surface area contributed by atoms with Crippen molar-refractivity contribution < 1.29 is 13.9 Å². The standard InChI is InChI=1S/C16H16FNO2/c1-10-7-13(18)8-15(17)16(10)20-9-12-5-3-4-6-14(12)11(2)19/h3-8H,9,18H2,1-2H3. The van der Waals surface area contributed by atoms with Gasteiger partial charge in [0.1, 0.15) is 6.61 Å². The first-order valence-electron chi connectivity index (χ1n) is 6.26. The zero-order valence-electron chi connectivity index (χ0n) is 11.4. The molecular weight excluding hydrogens is 257 g/mol. The Balaban J connectivity index is 2.24. The van der Waals surface area contributed by atoms with Crippen LogP contribution >= 0.6 is 0 Å². The SMILES string of the molecule is CC(=O)c1ccccc1COc1c(C)cc(N)cc1F. The second-order valence-corrected chi connectivity index (χ2v) is 4.65. The fourth-order valence-corrected chi connectivity index (χ4v) is 2.08. The van der Waals surface area contributed by atoms with Crippen molar-refractivity contribution in [3.8, 4) is 5.75 Å². The predicted molar refractivity (Wildman–Crippen MR) is 76.3 cm³/mol. The molecule has 0 saturated carbocycles. The summed E-state index contributed by atoms with van der Waals surface area (Å²) in [4.78, 5) is 11.5. The number of hydrogen-bond acceptors (Lipinski definition) is 3. The number of Topliss-reactive ketones (excluding diaryl/α,β-unsaturated/α-hetero) is 1. The topological polar surface area (TPSA) is 52.3 Å². The van der Waals surface area contributed by atoms with Gasteiger partial charge in [0, 0.05) is 22.9 Å². The molecule has 0 spiro atoms. The van der Waals surface area contributed by atoms with Gasteiger partial charge >= 0.3 is 0 Å². The van der Waals surface area contributed by atoms with Gasteiger partial charge in [0.2, 0.25) is 0 Å². The molecule has 0 radical (unpaired) electrons. The maximum absolute atomic E-state index is 13.8. The highest BCUT2D eigenvalue weighted by Crippen LogP contribution is 2.26. The van der Waals surface area contributed by atoms with Crippen LogP contribution in [0.15, 0.2) is 36.4 Å². The van der Waals surface area contributed by atoms with Crippen LogP contribution in [0.2, 0.25) is 0 Å². The minimum absolute atomic E-state index is 0.0429. The summed E-state index contributed by atoms with van der Waals surface area (Å²) >= 11 is 0. The number of rotatable bonds is 4. The second-order valence-electron chi connectivity index (χ2n) is 4.65. The molecule has 104 valence electrons. The van der Waals surface area contributed by atoms with Crippen LogP contribution in [-0.4, -0.2) is 5.78 Å². The van der Waals surface area contributed by atoms with Gasteiger partial charge in [-0.3, -0.25) is 4.79 Å². The summed E-state index contributed by atoms with van der Waals surface area (Å²) in [6.45, 7) is 3.36. The Labute approximate surface area is 117 Å². The molecule has 0 saturated heterocycles. The van der Waals surface area contributed by atoms with E-state index < -0.39 is 5.82 Å². The van der Waals surface area contributed by atoms with Crippen molar-refractivity contribution in [1.29, 1.82) is 0 Å². The van der Waals surface area contributed by atoms with Crippen LogP contribution in [0.25, 0.3) is 0 Å². The van der Waals surface area contributed by atoms with E-state index in [2.05, 4.69) is 0 Å². The molecule has 20 heavy (non-hydrogen) atoms. The molecule has 3 nitrogen and oxygen atoms in total. The molecule has 0 aliphatic carbocycles. The predicted octanol–water partition coefficient (Wildman–Crippen LogP) is 3.50. The van der Waals surface area contributed by atoms with Gasteiger partial charge in [-0.25, -0.2) is 4.39 Å². The lowest BCUT2D eigenvalue weighted by Gasteiger charge is -2.12.